The van der Waals surface area contributed by atoms with Crippen LogP contribution in [0.15, 0.2) is 12.1 Å². The summed E-state index contributed by atoms with van der Waals surface area (Å²) in [5.74, 6) is 0. The summed E-state index contributed by atoms with van der Waals surface area (Å²) in [5, 5.41) is 0. The Hall–Kier alpha value is -0.795. The van der Waals surface area contributed by atoms with Gasteiger partial charge in [-0.2, -0.15) is 0 Å². The lowest BCUT2D eigenvalue weighted by molar-refractivity contribution is 0.00578. The number of benzene rings is 1. The van der Waals surface area contributed by atoms with Crippen LogP contribution in [0.5, 0.6) is 0 Å². The minimum Gasteiger partial charge on any atom is -0.399 e. The van der Waals surface area contributed by atoms with Crippen LogP contribution >= 0.6 is 0 Å². The Balaban J connectivity index is 2.07. The Labute approximate surface area is 142 Å². The minimum absolute atomic E-state index is 0.198. The van der Waals surface area contributed by atoms with Gasteiger partial charge in [-0.05, 0) is 74.0 Å². The molecule has 0 radical (unpaired) electrons. The standard InChI is InChI=1S/C20H31BO2/c1-13-10-14(21-22-19(6,7)20(8,9)23-21)11-15-16(13)18(4,5)12-17(15,2)3/h10-11H,12H2,1-9H3. The van der Waals surface area contributed by atoms with E-state index >= 15 is 0 Å². The highest BCUT2D eigenvalue weighted by molar-refractivity contribution is 6.62. The van der Waals surface area contributed by atoms with E-state index in [-0.39, 0.29) is 29.2 Å². The van der Waals surface area contributed by atoms with Crippen LogP contribution in [-0.4, -0.2) is 18.3 Å². The van der Waals surface area contributed by atoms with Crippen molar-refractivity contribution in [2.75, 3.05) is 0 Å². The molecule has 1 aromatic carbocycles. The normalized spacial score (nSPS) is 26.4. The van der Waals surface area contributed by atoms with Crippen molar-refractivity contribution in [2.45, 2.75) is 90.8 Å². The van der Waals surface area contributed by atoms with E-state index < -0.39 is 0 Å². The minimum atomic E-state index is -0.292. The average Bonchev–Trinajstić information content (AvgIpc) is 2.66. The van der Waals surface area contributed by atoms with Gasteiger partial charge in [-0.3, -0.25) is 0 Å². The fraction of sp³-hybridized carbons (Fsp3) is 0.700. The first-order valence-electron chi connectivity index (χ1n) is 8.78. The lowest BCUT2D eigenvalue weighted by atomic mass is 9.74. The second kappa shape index (κ2) is 4.64. The number of hydrogen-bond donors (Lipinski definition) is 0. The molecule has 0 atom stereocenters. The molecule has 0 spiro atoms. The molecule has 1 heterocycles. The van der Waals surface area contributed by atoms with Crippen LogP contribution in [0.4, 0.5) is 0 Å². The van der Waals surface area contributed by atoms with E-state index in [9.17, 15) is 0 Å². The Morgan fingerprint density at radius 3 is 1.87 bits per heavy atom. The largest absolute Gasteiger partial charge is 0.494 e. The second-order valence-electron chi connectivity index (χ2n) is 9.79. The number of fused-ring (bicyclic) bond motifs is 1. The first-order chi connectivity index (χ1) is 10.3. The van der Waals surface area contributed by atoms with Crippen LogP contribution in [0.2, 0.25) is 0 Å². The fourth-order valence-corrected chi connectivity index (χ4v) is 4.65. The summed E-state index contributed by atoms with van der Waals surface area (Å²) in [7, 11) is -0.275. The van der Waals surface area contributed by atoms with Gasteiger partial charge in [0, 0.05) is 0 Å². The predicted molar refractivity (Wildman–Crippen MR) is 97.6 cm³/mol. The molecule has 1 aliphatic heterocycles. The topological polar surface area (TPSA) is 18.5 Å². The summed E-state index contributed by atoms with van der Waals surface area (Å²) in [6, 6.07) is 4.60. The van der Waals surface area contributed by atoms with Crippen molar-refractivity contribution in [2.24, 2.45) is 0 Å². The zero-order chi connectivity index (χ0) is 17.4. The van der Waals surface area contributed by atoms with Crippen molar-refractivity contribution in [3.63, 3.8) is 0 Å². The van der Waals surface area contributed by atoms with Crippen LogP contribution in [0, 0.1) is 6.92 Å². The lowest BCUT2D eigenvalue weighted by Crippen LogP contribution is -2.41. The maximum Gasteiger partial charge on any atom is 0.494 e. The van der Waals surface area contributed by atoms with Crippen molar-refractivity contribution in [3.8, 4) is 0 Å². The molecule has 0 bridgehead atoms. The Morgan fingerprint density at radius 1 is 0.826 bits per heavy atom. The number of aryl methyl sites for hydroxylation is 1. The monoisotopic (exact) mass is 314 g/mol. The van der Waals surface area contributed by atoms with Crippen LogP contribution < -0.4 is 5.46 Å². The second-order valence-corrected chi connectivity index (χ2v) is 9.79. The van der Waals surface area contributed by atoms with Gasteiger partial charge in [-0.1, -0.05) is 39.8 Å². The molecule has 0 N–H and O–H groups in total. The quantitative estimate of drug-likeness (QED) is 0.721. The van der Waals surface area contributed by atoms with Crippen LogP contribution in [0.3, 0.4) is 0 Å². The molecule has 2 nitrogen and oxygen atoms in total. The predicted octanol–water partition coefficient (Wildman–Crippen LogP) is 4.25. The molecule has 126 valence electrons. The van der Waals surface area contributed by atoms with Gasteiger partial charge in [0.25, 0.3) is 0 Å². The number of hydrogen-bond acceptors (Lipinski definition) is 2. The third kappa shape index (κ3) is 2.48. The summed E-state index contributed by atoms with van der Waals surface area (Å²) in [6.07, 6.45) is 1.18. The van der Waals surface area contributed by atoms with E-state index in [0.717, 1.165) is 5.46 Å². The van der Waals surface area contributed by atoms with Crippen LogP contribution in [0.25, 0.3) is 0 Å². The van der Waals surface area contributed by atoms with Crippen molar-refractivity contribution < 1.29 is 9.31 Å². The summed E-state index contributed by atoms with van der Waals surface area (Å²) < 4.78 is 12.5. The molecule has 0 unspecified atom stereocenters. The first-order valence-corrected chi connectivity index (χ1v) is 8.78. The maximum atomic E-state index is 6.26. The Morgan fingerprint density at radius 2 is 1.35 bits per heavy atom. The lowest BCUT2D eigenvalue weighted by Gasteiger charge is -2.32. The van der Waals surface area contributed by atoms with Crippen molar-refractivity contribution in [3.05, 3.63) is 28.8 Å². The summed E-state index contributed by atoms with van der Waals surface area (Å²) in [4.78, 5) is 0. The SMILES string of the molecule is Cc1cc(B2OC(C)(C)C(C)(C)O2)cc2c1C(C)(C)CC2(C)C. The van der Waals surface area contributed by atoms with Crippen molar-refractivity contribution in [1.29, 1.82) is 0 Å². The van der Waals surface area contributed by atoms with Gasteiger partial charge in [-0.25, -0.2) is 0 Å². The van der Waals surface area contributed by atoms with Gasteiger partial charge in [0.05, 0.1) is 11.2 Å². The van der Waals surface area contributed by atoms with Gasteiger partial charge in [-0.15, -0.1) is 0 Å². The van der Waals surface area contributed by atoms with Gasteiger partial charge in [0.2, 0.25) is 0 Å². The molecule has 1 fully saturated rings. The highest BCUT2D eigenvalue weighted by Gasteiger charge is 2.52. The molecule has 1 aliphatic carbocycles. The van der Waals surface area contributed by atoms with E-state index in [1.165, 1.54) is 23.1 Å². The Kier molecular flexibility index (Phi) is 3.44. The van der Waals surface area contributed by atoms with Gasteiger partial charge < -0.3 is 9.31 Å². The van der Waals surface area contributed by atoms with Crippen molar-refractivity contribution >= 4 is 12.6 Å². The molecule has 0 saturated carbocycles. The molecule has 3 heteroatoms. The van der Waals surface area contributed by atoms with Crippen molar-refractivity contribution in [1.82, 2.24) is 0 Å². The summed E-state index contributed by atoms with van der Waals surface area (Å²) in [5.41, 5.74) is 5.35. The third-order valence-corrected chi connectivity index (χ3v) is 6.17. The van der Waals surface area contributed by atoms with E-state index in [1.54, 1.807) is 0 Å². The fourth-order valence-electron chi connectivity index (χ4n) is 4.65. The molecular weight excluding hydrogens is 283 g/mol. The molecule has 0 aromatic heterocycles. The molecule has 1 saturated heterocycles. The molecule has 0 amide bonds. The highest BCUT2D eigenvalue weighted by Crippen LogP contribution is 2.50. The van der Waals surface area contributed by atoms with Crippen LogP contribution in [-0.2, 0) is 20.1 Å². The summed E-state index contributed by atoms with van der Waals surface area (Å²) in [6.45, 7) is 20.1. The van der Waals surface area contributed by atoms with E-state index in [1.807, 2.05) is 0 Å². The van der Waals surface area contributed by atoms with Gasteiger partial charge >= 0.3 is 7.12 Å². The van der Waals surface area contributed by atoms with Gasteiger partial charge in [0.15, 0.2) is 0 Å². The molecule has 23 heavy (non-hydrogen) atoms. The Bertz CT molecular complexity index is 640. The highest BCUT2D eigenvalue weighted by atomic mass is 16.7. The molecule has 2 aliphatic rings. The number of rotatable bonds is 1. The maximum absolute atomic E-state index is 6.26. The van der Waals surface area contributed by atoms with Crippen LogP contribution in [0.1, 0.15) is 78.5 Å². The van der Waals surface area contributed by atoms with E-state index in [4.69, 9.17) is 9.31 Å². The van der Waals surface area contributed by atoms with E-state index in [2.05, 4.69) is 74.4 Å². The zero-order valence-corrected chi connectivity index (χ0v) is 16.3. The average molecular weight is 314 g/mol. The summed E-state index contributed by atoms with van der Waals surface area (Å²) >= 11 is 0. The first kappa shape index (κ1) is 17.0. The van der Waals surface area contributed by atoms with E-state index in [0.29, 0.717) is 0 Å². The zero-order valence-electron chi connectivity index (χ0n) is 16.3. The smallest absolute Gasteiger partial charge is 0.399 e. The molecule has 1 aromatic rings. The van der Waals surface area contributed by atoms with Gasteiger partial charge in [0.1, 0.15) is 0 Å². The third-order valence-electron chi connectivity index (χ3n) is 6.17. The molecule has 3 rings (SSSR count). The molecular formula is C20H31BO2.